The summed E-state index contributed by atoms with van der Waals surface area (Å²) in [6.45, 7) is 5.75. The average Bonchev–Trinajstić information content (AvgIpc) is 2.59. The van der Waals surface area contributed by atoms with Crippen LogP contribution in [0.3, 0.4) is 0 Å². The van der Waals surface area contributed by atoms with Gasteiger partial charge in [-0.2, -0.15) is 0 Å². The smallest absolute Gasteiger partial charge is 0.238 e. The summed E-state index contributed by atoms with van der Waals surface area (Å²) in [7, 11) is 0. The maximum atomic E-state index is 12.3. The third-order valence-electron chi connectivity index (χ3n) is 4.17. The Morgan fingerprint density at radius 1 is 1.24 bits per heavy atom. The number of aryl methyl sites for hydroxylation is 1. The van der Waals surface area contributed by atoms with Gasteiger partial charge in [0.1, 0.15) is 5.82 Å². The van der Waals surface area contributed by atoms with Crippen molar-refractivity contribution >= 4 is 44.9 Å². The molecule has 1 aromatic carbocycles. The third kappa shape index (κ3) is 4.93. The van der Waals surface area contributed by atoms with Crippen molar-refractivity contribution in [1.29, 1.82) is 0 Å². The molecule has 0 aliphatic carbocycles. The molecular weight excluding hydrogens is 404 g/mol. The van der Waals surface area contributed by atoms with Gasteiger partial charge in [0.05, 0.1) is 17.3 Å². The molecule has 7 heteroatoms. The van der Waals surface area contributed by atoms with Gasteiger partial charge in [0.2, 0.25) is 5.91 Å². The van der Waals surface area contributed by atoms with Crippen molar-refractivity contribution in [2.24, 2.45) is 0 Å². The summed E-state index contributed by atoms with van der Waals surface area (Å²) in [5, 5.41) is 3.61. The molecule has 2 aromatic rings. The zero-order valence-corrected chi connectivity index (χ0v) is 16.3. The molecule has 0 radical (unpaired) electrons. The second-order valence-corrected chi connectivity index (χ2v) is 7.42. The fraction of sp³-hybridized carbons (Fsp3) is 0.333. The molecule has 1 amide bonds. The van der Waals surface area contributed by atoms with E-state index < -0.39 is 0 Å². The Labute approximate surface area is 161 Å². The Bertz CT molecular complexity index is 745. The number of carbonyl (C=O) groups is 1. The highest BCUT2D eigenvalue weighted by molar-refractivity contribution is 9.10. The first kappa shape index (κ1) is 18.2. The highest BCUT2D eigenvalue weighted by Crippen LogP contribution is 2.23. The van der Waals surface area contributed by atoms with Crippen molar-refractivity contribution in [2.75, 3.05) is 42.9 Å². The van der Waals surface area contributed by atoms with Crippen LogP contribution in [-0.2, 0) is 4.79 Å². The molecule has 0 bridgehead atoms. The van der Waals surface area contributed by atoms with Crippen molar-refractivity contribution in [2.45, 2.75) is 6.92 Å². The minimum Gasteiger partial charge on any atom is -0.354 e. The second kappa shape index (κ2) is 8.17. The molecule has 1 saturated heterocycles. The number of carbonyl (C=O) groups excluding carboxylic acids is 1. The first-order valence-corrected chi connectivity index (χ1v) is 9.33. The number of amides is 1. The predicted molar refractivity (Wildman–Crippen MR) is 105 cm³/mol. The topological polar surface area (TPSA) is 48.5 Å². The van der Waals surface area contributed by atoms with E-state index in [4.69, 9.17) is 11.6 Å². The van der Waals surface area contributed by atoms with E-state index in [2.05, 4.69) is 36.0 Å². The van der Waals surface area contributed by atoms with Crippen molar-refractivity contribution in [3.63, 3.8) is 0 Å². The van der Waals surface area contributed by atoms with Gasteiger partial charge in [-0.1, -0.05) is 17.7 Å². The molecule has 0 unspecified atom stereocenters. The molecule has 1 N–H and O–H groups in total. The number of nitrogens with one attached hydrogen (secondary N) is 1. The number of piperazine rings is 1. The number of hydrogen-bond donors (Lipinski definition) is 1. The molecule has 2 heterocycles. The largest absolute Gasteiger partial charge is 0.354 e. The number of hydrogen-bond acceptors (Lipinski definition) is 4. The van der Waals surface area contributed by atoms with Gasteiger partial charge >= 0.3 is 0 Å². The number of aromatic nitrogens is 1. The zero-order valence-electron chi connectivity index (χ0n) is 14.0. The number of nitrogens with zero attached hydrogens (tertiary/aromatic N) is 3. The number of benzene rings is 1. The average molecular weight is 424 g/mol. The first-order valence-electron chi connectivity index (χ1n) is 8.16. The number of halogens is 2. The quantitative estimate of drug-likeness (QED) is 0.817. The van der Waals surface area contributed by atoms with E-state index in [1.165, 1.54) is 0 Å². The molecular formula is C18H20BrClN4O. The molecule has 1 aliphatic heterocycles. The van der Waals surface area contributed by atoms with Crippen molar-refractivity contribution < 1.29 is 4.79 Å². The lowest BCUT2D eigenvalue weighted by molar-refractivity contribution is -0.117. The predicted octanol–water partition coefficient (Wildman–Crippen LogP) is 3.57. The van der Waals surface area contributed by atoms with Crippen LogP contribution in [0.15, 0.2) is 41.0 Å². The summed E-state index contributed by atoms with van der Waals surface area (Å²) >= 11 is 9.37. The van der Waals surface area contributed by atoms with Gasteiger partial charge in [0.25, 0.3) is 0 Å². The van der Waals surface area contributed by atoms with Crippen LogP contribution in [0, 0.1) is 6.92 Å². The summed E-state index contributed by atoms with van der Waals surface area (Å²) < 4.78 is 0.902. The lowest BCUT2D eigenvalue weighted by atomic mass is 10.2. The van der Waals surface area contributed by atoms with E-state index in [1.807, 2.05) is 37.3 Å². The summed E-state index contributed by atoms with van der Waals surface area (Å²) in [6.07, 6.45) is 1.66. The third-order valence-corrected chi connectivity index (χ3v) is 5.05. The Kier molecular flexibility index (Phi) is 5.93. The lowest BCUT2D eigenvalue weighted by Crippen LogP contribution is -2.48. The normalized spacial score (nSPS) is 15.2. The fourth-order valence-electron chi connectivity index (χ4n) is 2.80. The van der Waals surface area contributed by atoms with Crippen molar-refractivity contribution in [3.05, 3.63) is 51.6 Å². The van der Waals surface area contributed by atoms with E-state index in [0.717, 1.165) is 47.7 Å². The Morgan fingerprint density at radius 2 is 2.00 bits per heavy atom. The Morgan fingerprint density at radius 3 is 2.64 bits per heavy atom. The highest BCUT2D eigenvalue weighted by atomic mass is 79.9. The second-order valence-electron chi connectivity index (χ2n) is 6.13. The van der Waals surface area contributed by atoms with Gasteiger partial charge in [0, 0.05) is 36.8 Å². The zero-order chi connectivity index (χ0) is 17.8. The van der Waals surface area contributed by atoms with E-state index in [0.29, 0.717) is 11.6 Å². The summed E-state index contributed by atoms with van der Waals surface area (Å²) in [5.74, 6) is 0.930. The lowest BCUT2D eigenvalue weighted by Gasteiger charge is -2.35. The molecule has 25 heavy (non-hydrogen) atoms. The fourth-order valence-corrected chi connectivity index (χ4v) is 3.51. The van der Waals surface area contributed by atoms with Crippen LogP contribution in [0.1, 0.15) is 5.56 Å². The van der Waals surface area contributed by atoms with E-state index in [-0.39, 0.29) is 5.91 Å². The van der Waals surface area contributed by atoms with Crippen LogP contribution in [0.4, 0.5) is 11.5 Å². The number of pyridine rings is 1. The van der Waals surface area contributed by atoms with Crippen molar-refractivity contribution in [1.82, 2.24) is 9.88 Å². The van der Waals surface area contributed by atoms with Gasteiger partial charge < -0.3 is 10.2 Å². The van der Waals surface area contributed by atoms with Gasteiger partial charge in [-0.15, -0.1) is 0 Å². The van der Waals surface area contributed by atoms with E-state index >= 15 is 0 Å². The molecule has 1 aliphatic rings. The minimum atomic E-state index is 0.00243. The van der Waals surface area contributed by atoms with Crippen LogP contribution in [0.25, 0.3) is 0 Å². The van der Waals surface area contributed by atoms with Crippen LogP contribution in [0.2, 0.25) is 5.02 Å². The minimum absolute atomic E-state index is 0.00243. The molecule has 1 aromatic heterocycles. The maximum Gasteiger partial charge on any atom is 0.238 e. The van der Waals surface area contributed by atoms with Gasteiger partial charge in [0.15, 0.2) is 0 Å². The molecule has 0 spiro atoms. The molecule has 132 valence electrons. The number of rotatable bonds is 4. The van der Waals surface area contributed by atoms with Gasteiger partial charge in [-0.3, -0.25) is 9.69 Å². The van der Waals surface area contributed by atoms with Crippen LogP contribution in [-0.4, -0.2) is 48.5 Å². The van der Waals surface area contributed by atoms with Crippen molar-refractivity contribution in [3.8, 4) is 0 Å². The van der Waals surface area contributed by atoms with Crippen LogP contribution >= 0.6 is 27.5 Å². The maximum absolute atomic E-state index is 12.3. The summed E-state index contributed by atoms with van der Waals surface area (Å²) in [6, 6.07) is 9.68. The number of anilines is 2. The Hall–Kier alpha value is -1.63. The monoisotopic (exact) mass is 422 g/mol. The molecule has 0 saturated carbocycles. The summed E-state index contributed by atoms with van der Waals surface area (Å²) in [4.78, 5) is 21.0. The molecule has 0 atom stereocenters. The standard InChI is InChI=1S/C18H20BrClN4O/c1-13-2-4-16(15(19)10-13)22-18(25)12-23-6-8-24(9-7-23)17-5-3-14(20)11-21-17/h2-5,10-11H,6-9,12H2,1H3,(H,22,25). The molecule has 3 rings (SSSR count). The van der Waals surface area contributed by atoms with Gasteiger partial charge in [-0.05, 0) is 52.7 Å². The van der Waals surface area contributed by atoms with E-state index in [1.54, 1.807) is 6.20 Å². The molecule has 1 fully saturated rings. The summed E-state index contributed by atoms with van der Waals surface area (Å²) in [5.41, 5.74) is 1.96. The SMILES string of the molecule is Cc1ccc(NC(=O)CN2CCN(c3ccc(Cl)cn3)CC2)c(Br)c1. The van der Waals surface area contributed by atoms with Crippen LogP contribution < -0.4 is 10.2 Å². The highest BCUT2D eigenvalue weighted by Gasteiger charge is 2.20. The van der Waals surface area contributed by atoms with Crippen LogP contribution in [0.5, 0.6) is 0 Å². The molecule has 5 nitrogen and oxygen atoms in total. The first-order chi connectivity index (χ1) is 12.0. The van der Waals surface area contributed by atoms with Gasteiger partial charge in [-0.25, -0.2) is 4.98 Å². The van der Waals surface area contributed by atoms with E-state index in [9.17, 15) is 4.79 Å². The Balaban J connectivity index is 1.50.